The first-order valence-corrected chi connectivity index (χ1v) is 10.2. The van der Waals surface area contributed by atoms with Crippen molar-refractivity contribution in [3.05, 3.63) is 35.1 Å². The Morgan fingerprint density at radius 3 is 2.52 bits per heavy atom. The van der Waals surface area contributed by atoms with Crippen LogP contribution in [0.1, 0.15) is 17.5 Å². The number of halogens is 1. The Labute approximate surface area is 147 Å². The number of hydrogen-bond donors (Lipinski definition) is 1. The largest absolute Gasteiger partial charge is 0.481 e. The van der Waals surface area contributed by atoms with E-state index in [1.54, 1.807) is 6.07 Å². The fraction of sp³-hybridized carbons (Fsp3) is 0.588. The number of aryl methyl sites for hydroxylation is 1. The average molecular weight is 370 g/mol. The molecule has 1 aromatic rings. The molecule has 0 amide bonds. The number of sulfone groups is 1. The highest BCUT2D eigenvalue weighted by atomic mass is 32.2. The lowest BCUT2D eigenvalue weighted by Crippen LogP contribution is -2.58. The zero-order valence-electron chi connectivity index (χ0n) is 14.2. The zero-order valence-corrected chi connectivity index (χ0v) is 15.0. The second-order valence-electron chi connectivity index (χ2n) is 6.93. The first-order chi connectivity index (χ1) is 11.7. The zero-order chi connectivity index (χ0) is 18.2. The minimum atomic E-state index is -3.13. The van der Waals surface area contributed by atoms with Gasteiger partial charge in [0.05, 0.1) is 17.9 Å². The number of benzene rings is 1. The van der Waals surface area contributed by atoms with E-state index in [0.29, 0.717) is 26.2 Å². The molecule has 1 aromatic carbocycles. The molecule has 0 saturated carbocycles. The van der Waals surface area contributed by atoms with E-state index in [1.807, 2.05) is 11.8 Å². The molecule has 138 valence electrons. The summed E-state index contributed by atoms with van der Waals surface area (Å²) in [5.41, 5.74) is 1.84. The van der Waals surface area contributed by atoms with Crippen molar-refractivity contribution in [3.8, 4) is 0 Å². The minimum absolute atomic E-state index is 0.0142. The van der Waals surface area contributed by atoms with Crippen LogP contribution in [0.15, 0.2) is 18.2 Å². The number of aliphatic carboxylic acids is 1. The van der Waals surface area contributed by atoms with Gasteiger partial charge in [0.25, 0.3) is 0 Å². The molecule has 3 rings (SSSR count). The number of piperazine rings is 1. The highest BCUT2D eigenvalue weighted by Gasteiger charge is 2.46. The van der Waals surface area contributed by atoms with E-state index in [2.05, 4.69) is 4.90 Å². The van der Waals surface area contributed by atoms with Gasteiger partial charge in [-0.3, -0.25) is 14.6 Å². The average Bonchev–Trinajstić information content (AvgIpc) is 2.84. The van der Waals surface area contributed by atoms with E-state index < -0.39 is 15.8 Å². The standard InChI is InChI=1S/C17H23FN2O4S/c1-12-8-14(18)3-2-13(12)9-20-7-6-19(5-4-17(21)22)15-10-25(23,24)11-16(15)20/h2-3,8,15-16H,4-7,9-11H2,1H3,(H,21,22)/t15-,16+/m1/s1. The number of carboxylic acid groups (broad SMARTS) is 1. The molecule has 0 radical (unpaired) electrons. The molecular formula is C17H23FN2O4S. The van der Waals surface area contributed by atoms with Crippen LogP contribution in [0.5, 0.6) is 0 Å². The highest BCUT2D eigenvalue weighted by Crippen LogP contribution is 2.28. The molecule has 2 heterocycles. The topological polar surface area (TPSA) is 77.9 Å². The van der Waals surface area contributed by atoms with Crippen molar-refractivity contribution in [3.63, 3.8) is 0 Å². The Morgan fingerprint density at radius 1 is 1.24 bits per heavy atom. The predicted molar refractivity (Wildman–Crippen MR) is 91.6 cm³/mol. The fourth-order valence-corrected chi connectivity index (χ4v) is 5.91. The van der Waals surface area contributed by atoms with E-state index >= 15 is 0 Å². The van der Waals surface area contributed by atoms with Gasteiger partial charge < -0.3 is 5.11 Å². The van der Waals surface area contributed by atoms with E-state index in [4.69, 9.17) is 5.11 Å². The summed E-state index contributed by atoms with van der Waals surface area (Å²) in [6.45, 7) is 4.12. The number of nitrogens with zero attached hydrogens (tertiary/aromatic N) is 2. The number of fused-ring (bicyclic) bond motifs is 1. The van der Waals surface area contributed by atoms with Crippen LogP contribution in [-0.4, -0.2) is 72.5 Å². The second kappa shape index (κ2) is 7.01. The molecule has 2 atom stereocenters. The lowest BCUT2D eigenvalue weighted by molar-refractivity contribution is -0.137. The van der Waals surface area contributed by atoms with E-state index in [0.717, 1.165) is 11.1 Å². The third-order valence-corrected chi connectivity index (χ3v) is 6.90. The second-order valence-corrected chi connectivity index (χ2v) is 9.09. The van der Waals surface area contributed by atoms with Gasteiger partial charge >= 0.3 is 5.97 Å². The Kier molecular flexibility index (Phi) is 5.13. The van der Waals surface area contributed by atoms with E-state index in [9.17, 15) is 17.6 Å². The van der Waals surface area contributed by atoms with Crippen molar-refractivity contribution in [2.45, 2.75) is 32.0 Å². The number of hydrogen-bond acceptors (Lipinski definition) is 5. The molecule has 2 aliphatic rings. The van der Waals surface area contributed by atoms with Gasteiger partial charge in [0.2, 0.25) is 0 Å². The Bertz CT molecular complexity index is 768. The van der Waals surface area contributed by atoms with Crippen molar-refractivity contribution in [1.29, 1.82) is 0 Å². The van der Waals surface area contributed by atoms with Crippen LogP contribution in [0.3, 0.4) is 0 Å². The normalized spacial score (nSPS) is 26.5. The lowest BCUT2D eigenvalue weighted by atomic mass is 10.0. The van der Waals surface area contributed by atoms with E-state index in [-0.39, 0.29) is 35.8 Å². The quantitative estimate of drug-likeness (QED) is 0.830. The lowest BCUT2D eigenvalue weighted by Gasteiger charge is -2.44. The van der Waals surface area contributed by atoms with Gasteiger partial charge in [-0.15, -0.1) is 0 Å². The molecule has 25 heavy (non-hydrogen) atoms. The van der Waals surface area contributed by atoms with Crippen molar-refractivity contribution >= 4 is 15.8 Å². The first kappa shape index (κ1) is 18.3. The SMILES string of the molecule is Cc1cc(F)ccc1CN1CCN(CCC(=O)O)[C@@H]2CS(=O)(=O)C[C@@H]21. The molecule has 0 aliphatic carbocycles. The summed E-state index contributed by atoms with van der Waals surface area (Å²) in [5, 5.41) is 8.90. The fourth-order valence-electron chi connectivity index (χ4n) is 3.87. The van der Waals surface area contributed by atoms with Crippen LogP contribution in [0.2, 0.25) is 0 Å². The van der Waals surface area contributed by atoms with Gasteiger partial charge in [0.1, 0.15) is 5.82 Å². The Hall–Kier alpha value is -1.51. The summed E-state index contributed by atoms with van der Waals surface area (Å²) in [5.74, 6) is -0.972. The molecule has 2 saturated heterocycles. The highest BCUT2D eigenvalue weighted by molar-refractivity contribution is 7.91. The molecular weight excluding hydrogens is 347 g/mol. The maximum absolute atomic E-state index is 13.3. The minimum Gasteiger partial charge on any atom is -0.481 e. The van der Waals surface area contributed by atoms with E-state index in [1.165, 1.54) is 12.1 Å². The Morgan fingerprint density at radius 2 is 1.88 bits per heavy atom. The van der Waals surface area contributed by atoms with Crippen molar-refractivity contribution in [2.75, 3.05) is 31.1 Å². The maximum atomic E-state index is 13.3. The van der Waals surface area contributed by atoms with Crippen molar-refractivity contribution in [2.24, 2.45) is 0 Å². The van der Waals surface area contributed by atoms with Crippen LogP contribution in [0.25, 0.3) is 0 Å². The molecule has 8 heteroatoms. The molecule has 1 N–H and O–H groups in total. The van der Waals surface area contributed by atoms with Crippen LogP contribution in [0, 0.1) is 12.7 Å². The summed E-state index contributed by atoms with van der Waals surface area (Å²) in [6, 6.07) is 4.35. The third-order valence-electron chi connectivity index (χ3n) is 5.20. The number of carboxylic acids is 1. The van der Waals surface area contributed by atoms with Gasteiger partial charge in [-0.2, -0.15) is 0 Å². The third kappa shape index (κ3) is 4.19. The summed E-state index contributed by atoms with van der Waals surface area (Å²) in [4.78, 5) is 15.0. The molecule has 2 aliphatic heterocycles. The van der Waals surface area contributed by atoms with Crippen molar-refractivity contribution < 1.29 is 22.7 Å². The monoisotopic (exact) mass is 370 g/mol. The van der Waals surface area contributed by atoms with Crippen LogP contribution in [-0.2, 0) is 21.2 Å². The first-order valence-electron chi connectivity index (χ1n) is 8.40. The summed E-state index contributed by atoms with van der Waals surface area (Å²) in [6.07, 6.45) is 0.0142. The molecule has 6 nitrogen and oxygen atoms in total. The van der Waals surface area contributed by atoms with Crippen LogP contribution < -0.4 is 0 Å². The van der Waals surface area contributed by atoms with Gasteiger partial charge in [0, 0.05) is 38.3 Å². The van der Waals surface area contributed by atoms with Gasteiger partial charge in [0.15, 0.2) is 9.84 Å². The predicted octanol–water partition coefficient (Wildman–Crippen LogP) is 0.892. The maximum Gasteiger partial charge on any atom is 0.304 e. The van der Waals surface area contributed by atoms with Gasteiger partial charge in [-0.1, -0.05) is 6.07 Å². The van der Waals surface area contributed by atoms with Gasteiger partial charge in [-0.05, 0) is 30.2 Å². The van der Waals surface area contributed by atoms with Crippen LogP contribution in [0.4, 0.5) is 4.39 Å². The molecule has 0 bridgehead atoms. The summed E-state index contributed by atoms with van der Waals surface area (Å²) >= 11 is 0. The number of rotatable bonds is 5. The molecule has 0 unspecified atom stereocenters. The van der Waals surface area contributed by atoms with Crippen LogP contribution >= 0.6 is 0 Å². The molecule has 0 aromatic heterocycles. The molecule has 0 spiro atoms. The van der Waals surface area contributed by atoms with Gasteiger partial charge in [-0.25, -0.2) is 12.8 Å². The molecule has 2 fully saturated rings. The smallest absolute Gasteiger partial charge is 0.304 e. The number of carbonyl (C=O) groups is 1. The Balaban J connectivity index is 1.77. The van der Waals surface area contributed by atoms with Crippen molar-refractivity contribution in [1.82, 2.24) is 9.80 Å². The summed E-state index contributed by atoms with van der Waals surface area (Å²) in [7, 11) is -3.13. The summed E-state index contributed by atoms with van der Waals surface area (Å²) < 4.78 is 37.6.